The summed E-state index contributed by atoms with van der Waals surface area (Å²) in [5.41, 5.74) is 6.03. The smallest absolute Gasteiger partial charge is 0.0655 e. The van der Waals surface area contributed by atoms with Crippen LogP contribution in [0.5, 0.6) is 0 Å². The molecule has 0 radical (unpaired) electrons. The van der Waals surface area contributed by atoms with E-state index in [9.17, 15) is 0 Å². The minimum absolute atomic E-state index is 0.0982. The topological polar surface area (TPSA) is 38.5 Å². The van der Waals surface area contributed by atoms with E-state index in [0.717, 1.165) is 19.5 Å². The van der Waals surface area contributed by atoms with E-state index in [4.69, 9.17) is 10.5 Å². The van der Waals surface area contributed by atoms with Gasteiger partial charge in [0.25, 0.3) is 0 Å². The number of nitrogens with two attached hydrogens (primary N) is 1. The lowest BCUT2D eigenvalue weighted by molar-refractivity contribution is 0.130. The van der Waals surface area contributed by atoms with Crippen LogP contribution in [0.15, 0.2) is 0 Å². The third kappa shape index (κ3) is 2.19. The molecule has 1 heterocycles. The number of methoxy groups -OCH3 is 1. The molecule has 0 amide bonds. The van der Waals surface area contributed by atoms with Crippen molar-refractivity contribution < 1.29 is 4.74 Å². The fourth-order valence-corrected chi connectivity index (χ4v) is 1.77. The van der Waals surface area contributed by atoms with Crippen LogP contribution in [0.25, 0.3) is 0 Å². The fourth-order valence-electron chi connectivity index (χ4n) is 1.77. The molecule has 1 aliphatic rings. The summed E-state index contributed by atoms with van der Waals surface area (Å²) < 4.78 is 5.11. The minimum Gasteiger partial charge on any atom is -0.383 e. The number of hydrogen-bond donors (Lipinski definition) is 1. The molecule has 0 aliphatic carbocycles. The van der Waals surface area contributed by atoms with Gasteiger partial charge in [-0.05, 0) is 20.3 Å². The molecule has 1 fully saturated rings. The zero-order valence-corrected chi connectivity index (χ0v) is 8.34. The molecular formula is C9H20N2O. The first-order valence-electron chi connectivity index (χ1n) is 4.59. The monoisotopic (exact) mass is 172 g/mol. The maximum Gasteiger partial charge on any atom is 0.0655 e. The van der Waals surface area contributed by atoms with E-state index in [2.05, 4.69) is 18.7 Å². The maximum atomic E-state index is 6.13. The van der Waals surface area contributed by atoms with Gasteiger partial charge in [-0.15, -0.1) is 0 Å². The van der Waals surface area contributed by atoms with Crippen LogP contribution >= 0.6 is 0 Å². The summed E-state index contributed by atoms with van der Waals surface area (Å²) in [4.78, 5) is 2.40. The van der Waals surface area contributed by atoms with Crippen molar-refractivity contribution in [1.29, 1.82) is 0 Å². The standard InChI is InChI=1S/C9H20N2O/c1-8(2)11-5-4-9(10,6-11)7-12-3/h8H,4-7,10H2,1-3H3/t9-/m1/s1. The van der Waals surface area contributed by atoms with E-state index in [-0.39, 0.29) is 5.54 Å². The number of ether oxygens (including phenoxy) is 1. The zero-order valence-electron chi connectivity index (χ0n) is 8.34. The summed E-state index contributed by atoms with van der Waals surface area (Å²) in [5.74, 6) is 0. The third-order valence-corrected chi connectivity index (χ3v) is 2.58. The quantitative estimate of drug-likeness (QED) is 0.671. The molecule has 72 valence electrons. The summed E-state index contributed by atoms with van der Waals surface area (Å²) in [6.07, 6.45) is 1.05. The molecule has 2 N–H and O–H groups in total. The van der Waals surface area contributed by atoms with Crippen molar-refractivity contribution in [1.82, 2.24) is 4.90 Å². The first-order chi connectivity index (χ1) is 5.57. The maximum absolute atomic E-state index is 6.13. The molecule has 1 rings (SSSR count). The molecule has 3 nitrogen and oxygen atoms in total. The van der Waals surface area contributed by atoms with Crippen molar-refractivity contribution in [3.05, 3.63) is 0 Å². The second-order valence-electron chi connectivity index (χ2n) is 4.11. The molecule has 0 aromatic rings. The second-order valence-corrected chi connectivity index (χ2v) is 4.11. The lowest BCUT2D eigenvalue weighted by atomic mass is 10.0. The first kappa shape index (κ1) is 9.96. The molecule has 0 aromatic carbocycles. The average molecular weight is 172 g/mol. The molecule has 0 aromatic heterocycles. The van der Waals surface area contributed by atoms with Gasteiger partial charge in [0.1, 0.15) is 0 Å². The normalized spacial score (nSPS) is 31.8. The van der Waals surface area contributed by atoms with Crippen LogP contribution in [0.1, 0.15) is 20.3 Å². The van der Waals surface area contributed by atoms with Crippen LogP contribution < -0.4 is 5.73 Å². The van der Waals surface area contributed by atoms with Crippen LogP contribution in [-0.4, -0.2) is 43.3 Å². The van der Waals surface area contributed by atoms with Crippen LogP contribution in [0.3, 0.4) is 0 Å². The van der Waals surface area contributed by atoms with Gasteiger partial charge >= 0.3 is 0 Å². The molecular weight excluding hydrogens is 152 g/mol. The molecule has 0 bridgehead atoms. The summed E-state index contributed by atoms with van der Waals surface area (Å²) in [5, 5.41) is 0. The molecule has 12 heavy (non-hydrogen) atoms. The Hall–Kier alpha value is -0.120. The zero-order chi connectivity index (χ0) is 9.19. The van der Waals surface area contributed by atoms with E-state index in [1.807, 2.05) is 0 Å². The highest BCUT2D eigenvalue weighted by Crippen LogP contribution is 2.20. The van der Waals surface area contributed by atoms with Gasteiger partial charge in [-0.2, -0.15) is 0 Å². The minimum atomic E-state index is -0.0982. The van der Waals surface area contributed by atoms with E-state index in [1.54, 1.807) is 7.11 Å². The lowest BCUT2D eigenvalue weighted by Crippen LogP contribution is -2.47. The molecule has 1 aliphatic heterocycles. The van der Waals surface area contributed by atoms with E-state index >= 15 is 0 Å². The van der Waals surface area contributed by atoms with Gasteiger partial charge in [0.15, 0.2) is 0 Å². The predicted octanol–water partition coefficient (Wildman–Crippen LogP) is 0.444. The van der Waals surface area contributed by atoms with Gasteiger partial charge in [0.05, 0.1) is 12.1 Å². The highest BCUT2D eigenvalue weighted by molar-refractivity contribution is 4.95. The van der Waals surface area contributed by atoms with Gasteiger partial charge in [-0.25, -0.2) is 0 Å². The van der Waals surface area contributed by atoms with Crippen LogP contribution in [0.2, 0.25) is 0 Å². The molecule has 0 saturated carbocycles. The van der Waals surface area contributed by atoms with Crippen LogP contribution in [0.4, 0.5) is 0 Å². The van der Waals surface area contributed by atoms with Crippen molar-refractivity contribution in [3.8, 4) is 0 Å². The van der Waals surface area contributed by atoms with Crippen molar-refractivity contribution in [2.24, 2.45) is 5.73 Å². The largest absolute Gasteiger partial charge is 0.383 e. The van der Waals surface area contributed by atoms with Gasteiger partial charge in [0.2, 0.25) is 0 Å². The third-order valence-electron chi connectivity index (χ3n) is 2.58. The summed E-state index contributed by atoms with van der Waals surface area (Å²) >= 11 is 0. The average Bonchev–Trinajstić information content (AvgIpc) is 2.33. The molecule has 3 heteroatoms. The lowest BCUT2D eigenvalue weighted by Gasteiger charge is -2.25. The van der Waals surface area contributed by atoms with Gasteiger partial charge in [-0.3, -0.25) is 4.90 Å². The van der Waals surface area contributed by atoms with Crippen LogP contribution in [-0.2, 0) is 4.74 Å². The Bertz CT molecular complexity index is 149. The molecule has 1 saturated heterocycles. The van der Waals surface area contributed by atoms with E-state index in [0.29, 0.717) is 12.6 Å². The van der Waals surface area contributed by atoms with Gasteiger partial charge in [-0.1, -0.05) is 0 Å². The summed E-state index contributed by atoms with van der Waals surface area (Å²) in [7, 11) is 1.71. The fraction of sp³-hybridized carbons (Fsp3) is 1.00. The Labute approximate surface area is 74.9 Å². The molecule has 0 spiro atoms. The van der Waals surface area contributed by atoms with E-state index in [1.165, 1.54) is 0 Å². The SMILES string of the molecule is COC[C@@]1(N)CCN(C(C)C)C1. The molecule has 0 unspecified atom stereocenters. The molecule has 1 atom stereocenters. The summed E-state index contributed by atoms with van der Waals surface area (Å²) in [6.45, 7) is 7.17. The van der Waals surface area contributed by atoms with Crippen LogP contribution in [0, 0.1) is 0 Å². The summed E-state index contributed by atoms with van der Waals surface area (Å²) in [6, 6.07) is 0.604. The van der Waals surface area contributed by atoms with Crippen molar-refractivity contribution in [2.45, 2.75) is 31.8 Å². The number of nitrogens with zero attached hydrogens (tertiary/aromatic N) is 1. The Balaban J connectivity index is 2.43. The van der Waals surface area contributed by atoms with Crippen molar-refractivity contribution in [3.63, 3.8) is 0 Å². The van der Waals surface area contributed by atoms with Gasteiger partial charge in [0, 0.05) is 26.2 Å². The Morgan fingerprint density at radius 3 is 2.67 bits per heavy atom. The van der Waals surface area contributed by atoms with Crippen molar-refractivity contribution in [2.75, 3.05) is 26.8 Å². The second kappa shape index (κ2) is 3.73. The predicted molar refractivity (Wildman–Crippen MR) is 50.1 cm³/mol. The first-order valence-corrected chi connectivity index (χ1v) is 4.59. The van der Waals surface area contributed by atoms with Gasteiger partial charge < -0.3 is 10.5 Å². The Morgan fingerprint density at radius 2 is 2.25 bits per heavy atom. The number of rotatable bonds is 3. The highest BCUT2D eigenvalue weighted by atomic mass is 16.5. The number of likely N-dealkylation sites (tertiary alicyclic amines) is 1. The number of hydrogen-bond acceptors (Lipinski definition) is 3. The van der Waals surface area contributed by atoms with E-state index < -0.39 is 0 Å². The van der Waals surface area contributed by atoms with Crippen molar-refractivity contribution >= 4 is 0 Å². The highest BCUT2D eigenvalue weighted by Gasteiger charge is 2.35. The Kier molecular flexibility index (Phi) is 3.09. The Morgan fingerprint density at radius 1 is 1.58 bits per heavy atom.